The maximum absolute atomic E-state index is 12.5. The van der Waals surface area contributed by atoms with Crippen molar-refractivity contribution in [3.63, 3.8) is 0 Å². The van der Waals surface area contributed by atoms with Crippen LogP contribution in [0.1, 0.15) is 17.3 Å². The van der Waals surface area contributed by atoms with Crippen molar-refractivity contribution in [2.45, 2.75) is 6.92 Å². The number of nitrogens with zero attached hydrogens (tertiary/aromatic N) is 2. The number of likely N-dealkylation sites (N-methyl/N-ethyl adjacent to an activating group) is 1. The summed E-state index contributed by atoms with van der Waals surface area (Å²) >= 11 is 0. The molecule has 1 heterocycles. The smallest absolute Gasteiger partial charge is 0.251 e. The van der Waals surface area contributed by atoms with Crippen molar-refractivity contribution in [3.05, 3.63) is 60.2 Å². The van der Waals surface area contributed by atoms with Gasteiger partial charge < -0.3 is 10.2 Å². The fourth-order valence-electron chi connectivity index (χ4n) is 3.29. The molecule has 0 unspecified atom stereocenters. The highest BCUT2D eigenvalue weighted by Gasteiger charge is 2.26. The molecule has 1 amide bonds. The molecule has 1 N–H and O–H groups in total. The quantitative estimate of drug-likeness (QED) is 0.771. The first-order valence-corrected chi connectivity index (χ1v) is 11.2. The van der Waals surface area contributed by atoms with Crippen molar-refractivity contribution < 1.29 is 13.2 Å². The molecular formula is C21H27N3O3S. The molecule has 3 rings (SSSR count). The highest BCUT2D eigenvalue weighted by molar-refractivity contribution is 7.89. The lowest BCUT2D eigenvalue weighted by Gasteiger charge is -2.33. The predicted molar refractivity (Wildman–Crippen MR) is 112 cm³/mol. The van der Waals surface area contributed by atoms with Crippen molar-refractivity contribution >= 4 is 15.9 Å². The highest BCUT2D eigenvalue weighted by Crippen LogP contribution is 2.19. The summed E-state index contributed by atoms with van der Waals surface area (Å²) in [6.45, 7) is 5.68. The van der Waals surface area contributed by atoms with Gasteiger partial charge in [0.2, 0.25) is 10.0 Å². The number of piperazine rings is 1. The van der Waals surface area contributed by atoms with Crippen LogP contribution < -0.4 is 5.32 Å². The van der Waals surface area contributed by atoms with Gasteiger partial charge >= 0.3 is 0 Å². The molecule has 28 heavy (non-hydrogen) atoms. The third-order valence-corrected chi connectivity index (χ3v) is 6.94. The Labute approximate surface area is 167 Å². The second-order valence-corrected chi connectivity index (χ2v) is 8.94. The number of sulfonamides is 1. The lowest BCUT2D eigenvalue weighted by Crippen LogP contribution is -2.49. The standard InChI is InChI=1S/C21H27N3O3S/c1-2-23-13-15-24(16-14-23)28(26,27)17-12-22-21(25)20-10-8-19(9-11-20)18-6-4-3-5-7-18/h3-11H,2,12-17H2,1H3,(H,22,25). The minimum atomic E-state index is -3.34. The zero-order valence-corrected chi connectivity index (χ0v) is 17.0. The van der Waals surface area contributed by atoms with Gasteiger partial charge in [0.25, 0.3) is 5.91 Å². The SMILES string of the molecule is CCN1CCN(S(=O)(=O)CCNC(=O)c2ccc(-c3ccccc3)cc2)CC1. The molecule has 0 atom stereocenters. The van der Waals surface area contributed by atoms with Crippen LogP contribution in [0, 0.1) is 0 Å². The maximum Gasteiger partial charge on any atom is 0.251 e. The molecule has 0 saturated carbocycles. The average Bonchev–Trinajstić information content (AvgIpc) is 2.74. The summed E-state index contributed by atoms with van der Waals surface area (Å²) in [6, 6.07) is 17.2. The molecule has 2 aromatic carbocycles. The van der Waals surface area contributed by atoms with Crippen LogP contribution in [-0.4, -0.2) is 68.6 Å². The van der Waals surface area contributed by atoms with E-state index < -0.39 is 10.0 Å². The first-order chi connectivity index (χ1) is 13.5. The summed E-state index contributed by atoms with van der Waals surface area (Å²) in [5.74, 6) is -0.335. The Morgan fingerprint density at radius 3 is 2.14 bits per heavy atom. The van der Waals surface area contributed by atoms with Crippen LogP contribution in [0.5, 0.6) is 0 Å². The molecular weight excluding hydrogens is 374 g/mol. The molecule has 1 aliphatic heterocycles. The zero-order chi connectivity index (χ0) is 20.0. The Morgan fingerprint density at radius 1 is 0.929 bits per heavy atom. The fourth-order valence-corrected chi connectivity index (χ4v) is 4.63. The molecule has 150 valence electrons. The number of amides is 1. The summed E-state index contributed by atoms with van der Waals surface area (Å²) in [6.07, 6.45) is 0. The largest absolute Gasteiger partial charge is 0.351 e. The van der Waals surface area contributed by atoms with Crippen LogP contribution >= 0.6 is 0 Å². The number of benzene rings is 2. The predicted octanol–water partition coefficient (Wildman–Crippen LogP) is 2.05. The van der Waals surface area contributed by atoms with Crippen molar-refractivity contribution in [2.24, 2.45) is 0 Å². The number of hydrogen-bond donors (Lipinski definition) is 1. The second-order valence-electron chi connectivity index (χ2n) is 6.85. The summed E-state index contributed by atoms with van der Waals surface area (Å²) in [4.78, 5) is 14.5. The van der Waals surface area contributed by atoms with Crippen molar-refractivity contribution in [3.8, 4) is 11.1 Å². The Balaban J connectivity index is 1.50. The molecule has 0 spiro atoms. The first kappa shape index (κ1) is 20.5. The Morgan fingerprint density at radius 2 is 1.54 bits per heavy atom. The van der Waals surface area contributed by atoms with Gasteiger partial charge in [0.05, 0.1) is 5.75 Å². The lowest BCUT2D eigenvalue weighted by molar-refractivity contribution is 0.0956. The molecule has 0 radical (unpaired) electrons. The molecule has 0 aliphatic carbocycles. The maximum atomic E-state index is 12.5. The average molecular weight is 402 g/mol. The van der Waals surface area contributed by atoms with Crippen LogP contribution in [0.4, 0.5) is 0 Å². The second kappa shape index (κ2) is 9.32. The molecule has 1 fully saturated rings. The van der Waals surface area contributed by atoms with Gasteiger partial charge in [0.15, 0.2) is 0 Å². The highest BCUT2D eigenvalue weighted by atomic mass is 32.2. The van der Waals surface area contributed by atoms with Gasteiger partial charge in [-0.15, -0.1) is 0 Å². The van der Waals surface area contributed by atoms with Crippen molar-refractivity contribution in [1.82, 2.24) is 14.5 Å². The van der Waals surface area contributed by atoms with Gasteiger partial charge in [-0.25, -0.2) is 8.42 Å². The number of hydrogen-bond acceptors (Lipinski definition) is 4. The Kier molecular flexibility index (Phi) is 6.83. The van der Waals surface area contributed by atoms with Gasteiger partial charge in [-0.3, -0.25) is 4.79 Å². The Bertz CT molecular complexity index is 875. The summed E-state index contributed by atoms with van der Waals surface area (Å²) in [5.41, 5.74) is 2.64. The summed E-state index contributed by atoms with van der Waals surface area (Å²) < 4.78 is 26.4. The summed E-state index contributed by atoms with van der Waals surface area (Å²) in [5, 5.41) is 2.72. The van der Waals surface area contributed by atoms with Gasteiger partial charge in [-0.2, -0.15) is 4.31 Å². The molecule has 2 aromatic rings. The molecule has 1 aliphatic rings. The van der Waals surface area contributed by atoms with Crippen LogP contribution in [0.2, 0.25) is 0 Å². The minimum absolute atomic E-state index is 0.0764. The van der Waals surface area contributed by atoms with Crippen LogP contribution in [0.3, 0.4) is 0 Å². The molecule has 0 bridgehead atoms. The van der Waals surface area contributed by atoms with Gasteiger partial charge in [-0.1, -0.05) is 49.4 Å². The minimum Gasteiger partial charge on any atom is -0.351 e. The van der Waals surface area contributed by atoms with E-state index in [-0.39, 0.29) is 18.2 Å². The molecule has 0 aromatic heterocycles. The van der Waals surface area contributed by atoms with E-state index in [2.05, 4.69) is 17.1 Å². The third kappa shape index (κ3) is 5.19. The van der Waals surface area contributed by atoms with Gasteiger partial charge in [-0.05, 0) is 29.8 Å². The van der Waals surface area contributed by atoms with Crippen LogP contribution in [0.15, 0.2) is 54.6 Å². The normalized spacial score (nSPS) is 16.0. The van der Waals surface area contributed by atoms with E-state index in [4.69, 9.17) is 0 Å². The fraction of sp³-hybridized carbons (Fsp3) is 0.381. The number of rotatable bonds is 7. The van der Waals surface area contributed by atoms with E-state index >= 15 is 0 Å². The monoisotopic (exact) mass is 401 g/mol. The lowest BCUT2D eigenvalue weighted by atomic mass is 10.0. The van der Waals surface area contributed by atoms with E-state index in [1.165, 1.54) is 4.31 Å². The molecule has 7 heteroatoms. The first-order valence-electron chi connectivity index (χ1n) is 9.63. The zero-order valence-electron chi connectivity index (χ0n) is 16.2. The molecule has 1 saturated heterocycles. The summed E-state index contributed by atoms with van der Waals surface area (Å²) in [7, 11) is -3.34. The third-order valence-electron chi connectivity index (χ3n) is 5.07. The topological polar surface area (TPSA) is 69.7 Å². The van der Waals surface area contributed by atoms with E-state index in [9.17, 15) is 13.2 Å². The molecule has 6 nitrogen and oxygen atoms in total. The van der Waals surface area contributed by atoms with Crippen molar-refractivity contribution in [1.29, 1.82) is 0 Å². The van der Waals surface area contributed by atoms with Crippen molar-refractivity contribution in [2.75, 3.05) is 45.0 Å². The van der Waals surface area contributed by atoms with Gasteiger partial charge in [0.1, 0.15) is 0 Å². The van der Waals surface area contributed by atoms with E-state index in [1.807, 2.05) is 42.5 Å². The van der Waals surface area contributed by atoms with Gasteiger partial charge in [0, 0.05) is 38.3 Å². The van der Waals surface area contributed by atoms with Crippen LogP contribution in [-0.2, 0) is 10.0 Å². The van der Waals surface area contributed by atoms with E-state index in [1.54, 1.807) is 12.1 Å². The van der Waals surface area contributed by atoms with E-state index in [0.717, 1.165) is 30.8 Å². The number of carbonyl (C=O) groups is 1. The van der Waals surface area contributed by atoms with E-state index in [0.29, 0.717) is 18.7 Å². The Hall–Kier alpha value is -2.22. The van der Waals surface area contributed by atoms with Crippen LogP contribution in [0.25, 0.3) is 11.1 Å². The number of nitrogens with one attached hydrogen (secondary N) is 1. The number of carbonyl (C=O) groups excluding carboxylic acids is 1.